The van der Waals surface area contributed by atoms with E-state index in [0.29, 0.717) is 5.65 Å². The van der Waals surface area contributed by atoms with Gasteiger partial charge in [0.15, 0.2) is 5.65 Å². The van der Waals surface area contributed by atoms with Crippen LogP contribution in [0.15, 0.2) is 91.9 Å². The molecule has 0 aliphatic carbocycles. The summed E-state index contributed by atoms with van der Waals surface area (Å²) in [6.45, 7) is 4.03. The fourth-order valence-corrected chi connectivity index (χ4v) is 4.27. The number of H-pyrrole nitrogens is 2. The van der Waals surface area contributed by atoms with E-state index in [9.17, 15) is 0 Å². The second-order valence-electron chi connectivity index (χ2n) is 8.81. The summed E-state index contributed by atoms with van der Waals surface area (Å²) >= 11 is 0. The maximum Gasteiger partial charge on any atom is 0.181 e. The van der Waals surface area contributed by atoms with Crippen molar-refractivity contribution in [1.29, 1.82) is 0 Å². The molecule has 176 valence electrons. The molecule has 1 aromatic carbocycles. The number of hydrogen-bond acceptors (Lipinski definition) is 6. The summed E-state index contributed by atoms with van der Waals surface area (Å²) < 4.78 is 0. The molecule has 0 unspecified atom stereocenters. The first kappa shape index (κ1) is 21.5. The van der Waals surface area contributed by atoms with Gasteiger partial charge in [-0.15, -0.1) is 0 Å². The second-order valence-corrected chi connectivity index (χ2v) is 8.81. The zero-order chi connectivity index (χ0) is 24.6. The number of aromatic amines is 2. The van der Waals surface area contributed by atoms with Crippen LogP contribution in [0.4, 0.5) is 5.69 Å². The molecular weight excluding hydrogens is 448 g/mol. The number of benzene rings is 1. The van der Waals surface area contributed by atoms with E-state index in [-0.39, 0.29) is 0 Å². The van der Waals surface area contributed by atoms with E-state index in [1.54, 1.807) is 12.4 Å². The average Bonchev–Trinajstić information content (AvgIpc) is 3.53. The summed E-state index contributed by atoms with van der Waals surface area (Å²) in [5.74, 6) is 0.782. The molecule has 36 heavy (non-hydrogen) atoms. The minimum atomic E-state index is 0.656. The van der Waals surface area contributed by atoms with E-state index in [0.717, 1.165) is 61.4 Å². The number of nitrogens with one attached hydrogen (secondary N) is 3. The van der Waals surface area contributed by atoms with Crippen molar-refractivity contribution in [2.75, 3.05) is 19.4 Å². The lowest BCUT2D eigenvalue weighted by atomic mass is 10.0. The van der Waals surface area contributed by atoms with Gasteiger partial charge in [0, 0.05) is 71.9 Å². The number of hydrogen-bond donors (Lipinski definition) is 3. The summed E-state index contributed by atoms with van der Waals surface area (Å²) in [4.78, 5) is 18.7. The Morgan fingerprint density at radius 3 is 2.58 bits per heavy atom. The van der Waals surface area contributed by atoms with E-state index >= 15 is 0 Å². The van der Waals surface area contributed by atoms with Crippen LogP contribution >= 0.6 is 0 Å². The van der Waals surface area contributed by atoms with Gasteiger partial charge in [0.05, 0.1) is 29.1 Å². The predicted octanol–water partition coefficient (Wildman–Crippen LogP) is 5.67. The highest BCUT2D eigenvalue weighted by atomic mass is 15.2. The lowest BCUT2D eigenvalue weighted by Crippen LogP contribution is -2.16. The van der Waals surface area contributed by atoms with Gasteiger partial charge in [-0.05, 0) is 35.9 Å². The zero-order valence-electron chi connectivity index (χ0n) is 19.9. The molecule has 0 atom stereocenters. The van der Waals surface area contributed by atoms with Gasteiger partial charge < -0.3 is 15.2 Å². The second kappa shape index (κ2) is 8.66. The van der Waals surface area contributed by atoms with Gasteiger partial charge in [-0.25, -0.2) is 4.98 Å². The van der Waals surface area contributed by atoms with Gasteiger partial charge >= 0.3 is 0 Å². The van der Waals surface area contributed by atoms with E-state index in [1.165, 1.54) is 0 Å². The van der Waals surface area contributed by atoms with Crippen LogP contribution in [0.5, 0.6) is 0 Å². The van der Waals surface area contributed by atoms with Crippen LogP contribution < -0.4 is 5.32 Å². The van der Waals surface area contributed by atoms with E-state index in [1.807, 2.05) is 49.7 Å². The van der Waals surface area contributed by atoms with Gasteiger partial charge in [-0.2, -0.15) is 5.10 Å². The third-order valence-corrected chi connectivity index (χ3v) is 6.22. The van der Waals surface area contributed by atoms with Gasteiger partial charge in [0.25, 0.3) is 0 Å². The molecule has 0 aliphatic rings. The van der Waals surface area contributed by atoms with Crippen LogP contribution in [-0.2, 0) is 0 Å². The first-order chi connectivity index (χ1) is 17.6. The monoisotopic (exact) mass is 472 g/mol. The number of anilines is 1. The normalized spacial score (nSPS) is 11.2. The summed E-state index contributed by atoms with van der Waals surface area (Å²) in [5.41, 5.74) is 8.48. The van der Waals surface area contributed by atoms with Crippen molar-refractivity contribution in [3.8, 4) is 33.6 Å². The van der Waals surface area contributed by atoms with Crippen molar-refractivity contribution in [3.05, 3.63) is 91.9 Å². The molecule has 8 nitrogen and oxygen atoms in total. The number of nitrogens with zero attached hydrogens (tertiary/aromatic N) is 5. The Labute approximate surface area is 207 Å². The molecule has 6 rings (SSSR count). The van der Waals surface area contributed by atoms with Crippen LogP contribution in [0.3, 0.4) is 0 Å². The van der Waals surface area contributed by atoms with Crippen LogP contribution in [0.25, 0.3) is 55.6 Å². The molecule has 0 radical (unpaired) electrons. The third kappa shape index (κ3) is 3.84. The average molecular weight is 473 g/mol. The van der Waals surface area contributed by atoms with Gasteiger partial charge in [0.1, 0.15) is 0 Å². The highest BCUT2D eigenvalue weighted by Gasteiger charge is 2.15. The summed E-state index contributed by atoms with van der Waals surface area (Å²) in [6, 6.07) is 16.5. The molecule has 5 aromatic heterocycles. The molecule has 6 aromatic rings. The topological polar surface area (TPSA) is 98.4 Å². The van der Waals surface area contributed by atoms with Crippen molar-refractivity contribution >= 4 is 27.6 Å². The lowest BCUT2D eigenvalue weighted by molar-refractivity contribution is 0.521. The highest BCUT2D eigenvalue weighted by Crippen LogP contribution is 2.34. The van der Waals surface area contributed by atoms with Gasteiger partial charge in [-0.1, -0.05) is 24.8 Å². The van der Waals surface area contributed by atoms with Crippen LogP contribution in [0.1, 0.15) is 0 Å². The van der Waals surface area contributed by atoms with Crippen LogP contribution in [0, 0.1) is 0 Å². The van der Waals surface area contributed by atoms with Gasteiger partial charge in [-0.3, -0.25) is 15.1 Å². The Bertz CT molecular complexity index is 1710. The van der Waals surface area contributed by atoms with Crippen molar-refractivity contribution in [2.24, 2.45) is 0 Å². The third-order valence-electron chi connectivity index (χ3n) is 6.22. The minimum Gasteiger partial charge on any atom is -0.365 e. The molecule has 0 fully saturated rings. The number of rotatable bonds is 6. The minimum absolute atomic E-state index is 0.656. The first-order valence-corrected chi connectivity index (χ1v) is 11.5. The quantitative estimate of drug-likeness (QED) is 0.289. The lowest BCUT2D eigenvalue weighted by Gasteiger charge is -2.17. The summed E-state index contributed by atoms with van der Waals surface area (Å²) in [7, 11) is 3.88. The SMILES string of the molecule is C=C(Nc1cncc(-c2cnc3n[nH]c(-c4cc5c(-c6cccnc6)cccc5[nH]4)c3c2)c1)N(C)C. The Kier molecular flexibility index (Phi) is 5.19. The molecule has 0 amide bonds. The molecule has 5 heterocycles. The Morgan fingerprint density at radius 1 is 0.889 bits per heavy atom. The Morgan fingerprint density at radius 2 is 1.75 bits per heavy atom. The maximum absolute atomic E-state index is 4.60. The predicted molar refractivity (Wildman–Crippen MR) is 144 cm³/mol. The standard InChI is InChI=1S/C28H24N8/c1-17(36(2)3)32-21-10-19(14-30-16-21)20-11-24-27(34-35-28(24)31-15-20)26-12-23-22(7-4-8-25(23)33-26)18-6-5-9-29-13-18/h4-16,32-33H,1H2,2-3H3,(H,31,34,35). The smallest absolute Gasteiger partial charge is 0.181 e. The molecule has 0 saturated heterocycles. The number of aromatic nitrogens is 6. The van der Waals surface area contributed by atoms with Crippen molar-refractivity contribution in [2.45, 2.75) is 0 Å². The molecule has 0 aliphatic heterocycles. The van der Waals surface area contributed by atoms with Crippen molar-refractivity contribution in [1.82, 2.24) is 35.0 Å². The van der Waals surface area contributed by atoms with Crippen molar-refractivity contribution < 1.29 is 0 Å². The van der Waals surface area contributed by atoms with Crippen molar-refractivity contribution in [3.63, 3.8) is 0 Å². The highest BCUT2D eigenvalue weighted by molar-refractivity contribution is 6.01. The first-order valence-electron chi connectivity index (χ1n) is 11.5. The largest absolute Gasteiger partial charge is 0.365 e. The van der Waals surface area contributed by atoms with E-state index in [2.05, 4.69) is 78.4 Å². The molecular formula is C28H24N8. The summed E-state index contributed by atoms with van der Waals surface area (Å²) in [6.07, 6.45) is 9.09. The molecule has 0 saturated carbocycles. The van der Waals surface area contributed by atoms with Crippen LogP contribution in [-0.4, -0.2) is 49.1 Å². The number of fused-ring (bicyclic) bond motifs is 2. The number of pyridine rings is 3. The fraction of sp³-hybridized carbons (Fsp3) is 0.0714. The van der Waals surface area contributed by atoms with Crippen LogP contribution in [0.2, 0.25) is 0 Å². The molecule has 3 N–H and O–H groups in total. The Hall–Kier alpha value is -4.98. The Balaban J connectivity index is 1.41. The summed E-state index contributed by atoms with van der Waals surface area (Å²) in [5, 5.41) is 12.9. The maximum atomic E-state index is 4.60. The van der Waals surface area contributed by atoms with E-state index in [4.69, 9.17) is 0 Å². The van der Waals surface area contributed by atoms with E-state index < -0.39 is 0 Å². The zero-order valence-corrected chi connectivity index (χ0v) is 19.9. The molecule has 8 heteroatoms. The van der Waals surface area contributed by atoms with Gasteiger partial charge in [0.2, 0.25) is 0 Å². The fourth-order valence-electron chi connectivity index (χ4n) is 4.27. The molecule has 0 bridgehead atoms. The molecule has 0 spiro atoms.